The lowest BCUT2D eigenvalue weighted by Crippen LogP contribution is -2.51. The Bertz CT molecular complexity index is 541. The maximum Gasteiger partial charge on any atom is 0.271 e. The molecule has 0 saturated carbocycles. The van der Waals surface area contributed by atoms with Crippen LogP contribution in [0.5, 0.6) is 0 Å². The first-order valence-corrected chi connectivity index (χ1v) is 7.45. The molecule has 1 heterocycles. The summed E-state index contributed by atoms with van der Waals surface area (Å²) in [5.74, 6) is 0.127. The number of hydrogen-bond donors (Lipinski definition) is 1. The van der Waals surface area contributed by atoms with E-state index < -0.39 is 0 Å². The minimum Gasteiger partial charge on any atom is -0.368 e. The van der Waals surface area contributed by atoms with Crippen LogP contribution in [0.1, 0.15) is 6.92 Å². The number of carbonyl (C=O) groups excluding carboxylic acids is 1. The second-order valence-electron chi connectivity index (χ2n) is 5.55. The number of nitrogens with zero attached hydrogens (tertiary/aromatic N) is 3. The van der Waals surface area contributed by atoms with Crippen molar-refractivity contribution < 1.29 is 9.72 Å². The summed E-state index contributed by atoms with van der Waals surface area (Å²) < 4.78 is 0. The first-order valence-electron chi connectivity index (χ1n) is 7.45. The van der Waals surface area contributed by atoms with Crippen LogP contribution in [0.2, 0.25) is 0 Å². The Morgan fingerprint density at radius 3 is 2.64 bits per heavy atom. The summed E-state index contributed by atoms with van der Waals surface area (Å²) in [4.78, 5) is 26.7. The summed E-state index contributed by atoms with van der Waals surface area (Å²) >= 11 is 0. The normalized spacial score (nSPS) is 16.5. The number of benzene rings is 1. The number of piperazine rings is 1. The largest absolute Gasteiger partial charge is 0.368 e. The number of nitrogens with one attached hydrogen (secondary N) is 1. The number of hydrogen-bond acceptors (Lipinski definition) is 5. The molecule has 1 saturated heterocycles. The zero-order chi connectivity index (χ0) is 16.1. The van der Waals surface area contributed by atoms with Crippen LogP contribution in [0, 0.1) is 16.0 Å². The van der Waals surface area contributed by atoms with Gasteiger partial charge < -0.3 is 15.1 Å². The summed E-state index contributed by atoms with van der Waals surface area (Å²) in [6.45, 7) is 5.28. The standard InChI is InChI=1S/C15H22N4O3/c1-12(11-16-2)15(20)18-8-6-17(7-9-18)13-4-3-5-14(10-13)19(21)22/h3-5,10,12,16H,6-9,11H2,1-2H3. The number of rotatable bonds is 5. The second-order valence-corrected chi connectivity index (χ2v) is 5.55. The molecule has 1 amide bonds. The Labute approximate surface area is 130 Å². The van der Waals surface area contributed by atoms with Crippen molar-refractivity contribution in [3.05, 3.63) is 34.4 Å². The molecule has 1 N–H and O–H groups in total. The van der Waals surface area contributed by atoms with Crippen LogP contribution in [-0.2, 0) is 4.79 Å². The van der Waals surface area contributed by atoms with Gasteiger partial charge in [-0.05, 0) is 13.1 Å². The Morgan fingerprint density at radius 1 is 1.36 bits per heavy atom. The molecule has 0 aromatic heterocycles. The lowest BCUT2D eigenvalue weighted by atomic mass is 10.1. The van der Waals surface area contributed by atoms with Gasteiger partial charge >= 0.3 is 0 Å². The molecule has 0 radical (unpaired) electrons. The van der Waals surface area contributed by atoms with Crippen LogP contribution in [0.15, 0.2) is 24.3 Å². The van der Waals surface area contributed by atoms with Gasteiger partial charge in [0.1, 0.15) is 0 Å². The molecule has 120 valence electrons. The summed E-state index contributed by atoms with van der Waals surface area (Å²) in [5, 5.41) is 13.9. The summed E-state index contributed by atoms with van der Waals surface area (Å²) in [7, 11) is 1.84. The van der Waals surface area contributed by atoms with Crippen molar-refractivity contribution in [2.24, 2.45) is 5.92 Å². The molecule has 0 aliphatic carbocycles. The fourth-order valence-corrected chi connectivity index (χ4v) is 2.69. The maximum atomic E-state index is 12.3. The van der Waals surface area contributed by atoms with E-state index in [0.29, 0.717) is 32.7 Å². The zero-order valence-corrected chi connectivity index (χ0v) is 13.0. The highest BCUT2D eigenvalue weighted by Gasteiger charge is 2.25. The van der Waals surface area contributed by atoms with E-state index in [0.717, 1.165) is 5.69 Å². The smallest absolute Gasteiger partial charge is 0.271 e. The van der Waals surface area contributed by atoms with E-state index in [1.165, 1.54) is 6.07 Å². The van der Waals surface area contributed by atoms with Crippen LogP contribution in [0.3, 0.4) is 0 Å². The predicted octanol–water partition coefficient (Wildman–Crippen LogP) is 1.10. The zero-order valence-electron chi connectivity index (χ0n) is 13.0. The van der Waals surface area contributed by atoms with Gasteiger partial charge in [-0.2, -0.15) is 0 Å². The van der Waals surface area contributed by atoms with Crippen LogP contribution in [0.4, 0.5) is 11.4 Å². The van der Waals surface area contributed by atoms with Crippen LogP contribution in [0.25, 0.3) is 0 Å². The SMILES string of the molecule is CNCC(C)C(=O)N1CCN(c2cccc([N+](=O)[O-])c2)CC1. The topological polar surface area (TPSA) is 78.7 Å². The summed E-state index contributed by atoms with van der Waals surface area (Å²) in [5.41, 5.74) is 0.934. The van der Waals surface area contributed by atoms with Gasteiger partial charge in [0.15, 0.2) is 0 Å². The molecular weight excluding hydrogens is 284 g/mol. The molecule has 1 unspecified atom stereocenters. The molecule has 1 aromatic carbocycles. The van der Waals surface area contributed by atoms with Gasteiger partial charge in [-0.1, -0.05) is 13.0 Å². The Kier molecular flexibility index (Phi) is 5.32. The highest BCUT2D eigenvalue weighted by molar-refractivity contribution is 5.79. The first kappa shape index (κ1) is 16.2. The fraction of sp³-hybridized carbons (Fsp3) is 0.533. The maximum absolute atomic E-state index is 12.3. The van der Waals surface area contributed by atoms with Gasteiger partial charge in [-0.25, -0.2) is 0 Å². The molecule has 0 bridgehead atoms. The third kappa shape index (κ3) is 3.73. The summed E-state index contributed by atoms with van der Waals surface area (Å²) in [6, 6.07) is 6.64. The Balaban J connectivity index is 1.96. The molecule has 2 rings (SSSR count). The Hall–Kier alpha value is -2.15. The first-order chi connectivity index (χ1) is 10.5. The quantitative estimate of drug-likeness (QED) is 0.651. The van der Waals surface area contributed by atoms with Gasteiger partial charge in [0.05, 0.1) is 4.92 Å². The number of non-ortho nitro benzene ring substituents is 1. The average Bonchev–Trinajstić information content (AvgIpc) is 2.54. The van der Waals surface area contributed by atoms with E-state index in [-0.39, 0.29) is 22.4 Å². The van der Waals surface area contributed by atoms with E-state index in [1.807, 2.05) is 24.9 Å². The van der Waals surface area contributed by atoms with Gasteiger partial charge in [0, 0.05) is 56.5 Å². The molecule has 0 spiro atoms. The van der Waals surface area contributed by atoms with Gasteiger partial charge in [0.25, 0.3) is 5.69 Å². The minimum atomic E-state index is -0.386. The van der Waals surface area contributed by atoms with Crippen molar-refractivity contribution >= 4 is 17.3 Å². The van der Waals surface area contributed by atoms with Crippen molar-refractivity contribution in [3.8, 4) is 0 Å². The van der Waals surface area contributed by atoms with Gasteiger partial charge in [0.2, 0.25) is 5.91 Å². The lowest BCUT2D eigenvalue weighted by Gasteiger charge is -2.37. The summed E-state index contributed by atoms with van der Waals surface area (Å²) in [6.07, 6.45) is 0. The van der Waals surface area contributed by atoms with Crippen molar-refractivity contribution in [2.45, 2.75) is 6.92 Å². The lowest BCUT2D eigenvalue weighted by molar-refractivity contribution is -0.384. The van der Waals surface area contributed by atoms with E-state index >= 15 is 0 Å². The molecule has 22 heavy (non-hydrogen) atoms. The molecule has 1 aliphatic rings. The molecule has 7 nitrogen and oxygen atoms in total. The second kappa shape index (κ2) is 7.22. The van der Waals surface area contributed by atoms with Gasteiger partial charge in [-0.15, -0.1) is 0 Å². The number of amides is 1. The van der Waals surface area contributed by atoms with Crippen molar-refractivity contribution in [1.29, 1.82) is 0 Å². The molecular formula is C15H22N4O3. The number of anilines is 1. The molecule has 1 aliphatic heterocycles. The van der Waals surface area contributed by atoms with E-state index in [9.17, 15) is 14.9 Å². The number of carbonyl (C=O) groups is 1. The highest BCUT2D eigenvalue weighted by atomic mass is 16.6. The molecule has 1 aromatic rings. The average molecular weight is 306 g/mol. The predicted molar refractivity (Wildman–Crippen MR) is 85.0 cm³/mol. The number of nitro groups is 1. The molecule has 7 heteroatoms. The van der Waals surface area contributed by atoms with Gasteiger partial charge in [-0.3, -0.25) is 14.9 Å². The third-order valence-corrected chi connectivity index (χ3v) is 3.93. The van der Waals surface area contributed by atoms with Crippen molar-refractivity contribution in [2.75, 3.05) is 44.7 Å². The third-order valence-electron chi connectivity index (χ3n) is 3.93. The van der Waals surface area contributed by atoms with Crippen LogP contribution >= 0.6 is 0 Å². The molecule has 1 fully saturated rings. The molecule has 1 atom stereocenters. The van der Waals surface area contributed by atoms with Crippen LogP contribution in [-0.4, -0.2) is 55.5 Å². The van der Waals surface area contributed by atoms with Crippen molar-refractivity contribution in [1.82, 2.24) is 10.2 Å². The highest BCUT2D eigenvalue weighted by Crippen LogP contribution is 2.22. The fourth-order valence-electron chi connectivity index (χ4n) is 2.69. The van der Waals surface area contributed by atoms with E-state index in [4.69, 9.17) is 0 Å². The minimum absolute atomic E-state index is 0.0330. The van der Waals surface area contributed by atoms with E-state index in [2.05, 4.69) is 10.2 Å². The monoisotopic (exact) mass is 306 g/mol. The van der Waals surface area contributed by atoms with Crippen LogP contribution < -0.4 is 10.2 Å². The number of nitro benzene ring substituents is 1. The van der Waals surface area contributed by atoms with Crippen molar-refractivity contribution in [3.63, 3.8) is 0 Å². The Morgan fingerprint density at radius 2 is 2.05 bits per heavy atom. The van der Waals surface area contributed by atoms with E-state index in [1.54, 1.807) is 12.1 Å².